The predicted octanol–water partition coefficient (Wildman–Crippen LogP) is 3.18. The molecule has 1 heterocycles. The highest BCUT2D eigenvalue weighted by atomic mass is 35.5. The van der Waals surface area contributed by atoms with Crippen LogP contribution in [0.5, 0.6) is 17.2 Å². The lowest BCUT2D eigenvalue weighted by Gasteiger charge is -2.09. The van der Waals surface area contributed by atoms with Gasteiger partial charge in [0.25, 0.3) is 0 Å². The minimum Gasteiger partial charge on any atom is -0.482 e. The largest absolute Gasteiger partial charge is 0.482 e. The van der Waals surface area contributed by atoms with Crippen LogP contribution in [0.4, 0.5) is 0 Å². The molecular formula is C18H15ClO6. The molecule has 3 rings (SSSR count). The fraction of sp³-hybridized carbons (Fsp3) is 0.222. The van der Waals surface area contributed by atoms with Crippen molar-refractivity contribution in [2.75, 3.05) is 20.0 Å². The molecule has 0 fully saturated rings. The number of esters is 1. The summed E-state index contributed by atoms with van der Waals surface area (Å²) in [5, 5.41) is 0.585. The molecule has 1 aliphatic heterocycles. The lowest BCUT2D eigenvalue weighted by Crippen LogP contribution is -2.19. The third-order valence-electron chi connectivity index (χ3n) is 3.54. The Hall–Kier alpha value is -2.73. The lowest BCUT2D eigenvalue weighted by atomic mass is 10.1. The number of rotatable bonds is 6. The maximum Gasteiger partial charge on any atom is 0.344 e. The Morgan fingerprint density at radius 1 is 1.08 bits per heavy atom. The number of halogens is 1. The van der Waals surface area contributed by atoms with Crippen LogP contribution >= 0.6 is 11.6 Å². The summed E-state index contributed by atoms with van der Waals surface area (Å²) in [6, 6.07) is 9.86. The van der Waals surface area contributed by atoms with Crippen molar-refractivity contribution in [3.8, 4) is 17.2 Å². The van der Waals surface area contributed by atoms with E-state index in [4.69, 9.17) is 30.5 Å². The number of carbonyl (C=O) groups excluding carboxylic acids is 2. The summed E-state index contributed by atoms with van der Waals surface area (Å²) in [7, 11) is 0. The number of benzene rings is 2. The lowest BCUT2D eigenvalue weighted by molar-refractivity contribution is -0.144. The van der Waals surface area contributed by atoms with E-state index in [1.165, 1.54) is 0 Å². The van der Waals surface area contributed by atoms with Gasteiger partial charge in [0.15, 0.2) is 30.5 Å². The van der Waals surface area contributed by atoms with Crippen molar-refractivity contribution >= 4 is 23.4 Å². The molecule has 2 aromatic carbocycles. The monoisotopic (exact) mass is 362 g/mol. The number of Topliss-reactive ketones (excluding diaryl/α,β-unsaturated/α-hetero) is 1. The molecule has 0 spiro atoms. The van der Waals surface area contributed by atoms with Crippen LogP contribution in [0.15, 0.2) is 36.4 Å². The van der Waals surface area contributed by atoms with Gasteiger partial charge >= 0.3 is 5.97 Å². The smallest absolute Gasteiger partial charge is 0.344 e. The van der Waals surface area contributed by atoms with Crippen molar-refractivity contribution in [3.63, 3.8) is 0 Å². The first-order valence-corrected chi connectivity index (χ1v) is 7.88. The van der Waals surface area contributed by atoms with E-state index < -0.39 is 5.97 Å². The Morgan fingerprint density at radius 2 is 1.88 bits per heavy atom. The van der Waals surface area contributed by atoms with Gasteiger partial charge in [-0.3, -0.25) is 4.79 Å². The maximum absolute atomic E-state index is 12.1. The van der Waals surface area contributed by atoms with Gasteiger partial charge in [0.1, 0.15) is 5.75 Å². The van der Waals surface area contributed by atoms with Crippen LogP contribution < -0.4 is 14.2 Å². The fourth-order valence-corrected chi connectivity index (χ4v) is 2.48. The second-order valence-electron chi connectivity index (χ2n) is 5.35. The molecule has 0 amide bonds. The standard InChI is InChI=1S/C18H15ClO6/c1-11-6-13(19)3-5-15(11)22-9-18(21)23-8-14(20)12-2-4-16-17(7-12)25-10-24-16/h2-7H,8-10H2,1H3. The van der Waals surface area contributed by atoms with Gasteiger partial charge in [-0.1, -0.05) is 11.6 Å². The highest BCUT2D eigenvalue weighted by molar-refractivity contribution is 6.30. The zero-order chi connectivity index (χ0) is 17.8. The number of hydrogen-bond donors (Lipinski definition) is 0. The van der Waals surface area contributed by atoms with E-state index in [1.54, 1.807) is 36.4 Å². The summed E-state index contributed by atoms with van der Waals surface area (Å²) < 4.78 is 20.7. The number of fused-ring (bicyclic) bond motifs is 1. The summed E-state index contributed by atoms with van der Waals surface area (Å²) in [4.78, 5) is 23.8. The van der Waals surface area contributed by atoms with Crippen molar-refractivity contribution in [2.45, 2.75) is 6.92 Å². The van der Waals surface area contributed by atoms with Crippen LogP contribution in [0.3, 0.4) is 0 Å². The molecule has 0 bridgehead atoms. The van der Waals surface area contributed by atoms with Crippen LogP contribution in [0.25, 0.3) is 0 Å². The van der Waals surface area contributed by atoms with Crippen LogP contribution in [-0.2, 0) is 9.53 Å². The normalized spacial score (nSPS) is 11.9. The highest BCUT2D eigenvalue weighted by Gasteiger charge is 2.17. The van der Waals surface area contributed by atoms with E-state index in [0.717, 1.165) is 5.56 Å². The molecule has 1 aliphatic rings. The Bertz CT molecular complexity index is 817. The zero-order valence-corrected chi connectivity index (χ0v) is 14.2. The van der Waals surface area contributed by atoms with E-state index in [2.05, 4.69) is 0 Å². The van der Waals surface area contributed by atoms with Gasteiger partial charge in [-0.05, 0) is 48.9 Å². The van der Waals surface area contributed by atoms with Crippen LogP contribution in [-0.4, -0.2) is 31.8 Å². The number of aryl methyl sites for hydroxylation is 1. The summed E-state index contributed by atoms with van der Waals surface area (Å²) in [6.07, 6.45) is 0. The third kappa shape index (κ3) is 4.22. The molecule has 0 radical (unpaired) electrons. The molecule has 25 heavy (non-hydrogen) atoms. The summed E-state index contributed by atoms with van der Waals surface area (Å²) in [5.74, 6) is 0.639. The highest BCUT2D eigenvalue weighted by Crippen LogP contribution is 2.32. The van der Waals surface area contributed by atoms with Gasteiger partial charge in [0.2, 0.25) is 6.79 Å². The molecule has 0 unspecified atom stereocenters. The minimum atomic E-state index is -0.636. The Labute approximate surface area is 149 Å². The molecular weight excluding hydrogens is 348 g/mol. The van der Waals surface area contributed by atoms with Crippen molar-refractivity contribution in [2.24, 2.45) is 0 Å². The molecule has 0 saturated heterocycles. The zero-order valence-electron chi connectivity index (χ0n) is 13.4. The second-order valence-corrected chi connectivity index (χ2v) is 5.79. The molecule has 130 valence electrons. The first-order chi connectivity index (χ1) is 12.0. The van der Waals surface area contributed by atoms with E-state index >= 15 is 0 Å². The quantitative estimate of drug-likeness (QED) is 0.580. The van der Waals surface area contributed by atoms with Gasteiger partial charge in [0, 0.05) is 10.6 Å². The third-order valence-corrected chi connectivity index (χ3v) is 3.78. The maximum atomic E-state index is 12.1. The SMILES string of the molecule is Cc1cc(Cl)ccc1OCC(=O)OCC(=O)c1ccc2c(c1)OCO2. The molecule has 0 aliphatic carbocycles. The summed E-state index contributed by atoms with van der Waals surface area (Å²) >= 11 is 5.86. The Morgan fingerprint density at radius 3 is 2.68 bits per heavy atom. The topological polar surface area (TPSA) is 71.1 Å². The Kier molecular flexibility index (Phi) is 5.09. The number of ether oxygens (including phenoxy) is 4. The van der Waals surface area contributed by atoms with E-state index in [0.29, 0.717) is 27.8 Å². The van der Waals surface area contributed by atoms with Gasteiger partial charge in [-0.15, -0.1) is 0 Å². The summed E-state index contributed by atoms with van der Waals surface area (Å²) in [6.45, 7) is 1.28. The van der Waals surface area contributed by atoms with Crippen LogP contribution in [0.2, 0.25) is 5.02 Å². The predicted molar refractivity (Wildman–Crippen MR) is 89.5 cm³/mol. The molecule has 7 heteroatoms. The van der Waals surface area contributed by atoms with Crippen LogP contribution in [0, 0.1) is 6.92 Å². The van der Waals surface area contributed by atoms with E-state index in [1.807, 2.05) is 6.92 Å². The van der Waals surface area contributed by atoms with Crippen molar-refractivity contribution in [1.82, 2.24) is 0 Å². The number of hydrogen-bond acceptors (Lipinski definition) is 6. The van der Waals surface area contributed by atoms with Crippen molar-refractivity contribution in [3.05, 3.63) is 52.5 Å². The van der Waals surface area contributed by atoms with Gasteiger partial charge in [-0.25, -0.2) is 4.79 Å². The fourth-order valence-electron chi connectivity index (χ4n) is 2.25. The molecule has 6 nitrogen and oxygen atoms in total. The summed E-state index contributed by atoms with van der Waals surface area (Å²) in [5.41, 5.74) is 1.18. The Balaban J connectivity index is 1.49. The van der Waals surface area contributed by atoms with Crippen LogP contribution in [0.1, 0.15) is 15.9 Å². The van der Waals surface area contributed by atoms with Crippen molar-refractivity contribution < 1.29 is 28.5 Å². The first-order valence-electron chi connectivity index (χ1n) is 7.50. The van der Waals surface area contributed by atoms with E-state index in [-0.39, 0.29) is 25.8 Å². The number of carbonyl (C=O) groups is 2. The first kappa shape index (κ1) is 17.1. The van der Waals surface area contributed by atoms with E-state index in [9.17, 15) is 9.59 Å². The average molecular weight is 363 g/mol. The van der Waals surface area contributed by atoms with Gasteiger partial charge < -0.3 is 18.9 Å². The second kappa shape index (κ2) is 7.44. The molecule has 0 saturated carbocycles. The molecule has 0 atom stereocenters. The van der Waals surface area contributed by atoms with Crippen molar-refractivity contribution in [1.29, 1.82) is 0 Å². The molecule has 0 N–H and O–H groups in total. The molecule has 0 aromatic heterocycles. The average Bonchev–Trinajstić information content (AvgIpc) is 3.06. The molecule has 2 aromatic rings. The van der Waals surface area contributed by atoms with Gasteiger partial charge in [-0.2, -0.15) is 0 Å². The van der Waals surface area contributed by atoms with Gasteiger partial charge in [0.05, 0.1) is 0 Å². The number of ketones is 1. The minimum absolute atomic E-state index is 0.128.